The van der Waals surface area contributed by atoms with Crippen LogP contribution in [0.3, 0.4) is 0 Å². The first-order chi connectivity index (χ1) is 9.10. The molecule has 0 radical (unpaired) electrons. The van der Waals surface area contributed by atoms with E-state index in [0.29, 0.717) is 0 Å². The van der Waals surface area contributed by atoms with Gasteiger partial charge in [0.05, 0.1) is 17.7 Å². The second kappa shape index (κ2) is 6.61. The number of aliphatic hydroxyl groups excluding tert-OH is 1. The number of benzene rings is 1. The van der Waals surface area contributed by atoms with Gasteiger partial charge in [0.25, 0.3) is 0 Å². The molecule has 1 aromatic carbocycles. The molecule has 0 saturated carbocycles. The van der Waals surface area contributed by atoms with Crippen molar-refractivity contribution in [3.63, 3.8) is 0 Å². The Bertz CT molecular complexity index is 544. The van der Waals surface area contributed by atoms with Gasteiger partial charge in [0.1, 0.15) is 0 Å². The van der Waals surface area contributed by atoms with Crippen molar-refractivity contribution in [2.75, 3.05) is 13.7 Å². The van der Waals surface area contributed by atoms with Crippen LogP contribution in [0.25, 0.3) is 0 Å². The third-order valence-electron chi connectivity index (χ3n) is 3.01. The van der Waals surface area contributed by atoms with Crippen LogP contribution in [0.15, 0.2) is 34.9 Å². The summed E-state index contributed by atoms with van der Waals surface area (Å²) >= 11 is 5.17. The first kappa shape index (κ1) is 14.7. The van der Waals surface area contributed by atoms with Gasteiger partial charge in [0.2, 0.25) is 0 Å². The number of thiazole rings is 1. The molecule has 0 saturated heterocycles. The minimum absolute atomic E-state index is 0.0000869. The molecule has 1 heterocycles. The number of hydrogen-bond acceptors (Lipinski definition) is 4. The smallest absolute Gasteiger partial charge is 0.0897 e. The van der Waals surface area contributed by atoms with Crippen LogP contribution in [0, 0.1) is 6.92 Å². The number of aliphatic hydroxyl groups is 1. The van der Waals surface area contributed by atoms with E-state index < -0.39 is 0 Å². The highest BCUT2D eigenvalue weighted by Crippen LogP contribution is 2.24. The zero-order valence-electron chi connectivity index (χ0n) is 11.0. The molecule has 0 aliphatic carbocycles. The summed E-state index contributed by atoms with van der Waals surface area (Å²) < 4.78 is 1.03. The first-order valence-electron chi connectivity index (χ1n) is 6.08. The molecule has 0 bridgehead atoms. The Balaban J connectivity index is 2.12. The summed E-state index contributed by atoms with van der Waals surface area (Å²) in [6.45, 7) is 2.90. The Kier molecular flexibility index (Phi) is 5.10. The van der Waals surface area contributed by atoms with Gasteiger partial charge in [0, 0.05) is 22.1 Å². The Morgan fingerprint density at radius 3 is 2.84 bits per heavy atom. The van der Waals surface area contributed by atoms with Crippen molar-refractivity contribution in [2.45, 2.75) is 19.5 Å². The Labute approximate surface area is 126 Å². The molecule has 0 fully saturated rings. The van der Waals surface area contributed by atoms with Crippen molar-refractivity contribution in [1.29, 1.82) is 0 Å². The maximum absolute atomic E-state index is 9.65. The Hall–Kier alpha value is -0.750. The predicted octanol–water partition coefficient (Wildman–Crippen LogP) is 3.38. The van der Waals surface area contributed by atoms with Crippen LogP contribution in [0.5, 0.6) is 0 Å². The molecule has 5 heteroatoms. The average molecular weight is 341 g/mol. The average Bonchev–Trinajstić information content (AvgIpc) is 2.75. The van der Waals surface area contributed by atoms with E-state index in [1.807, 2.05) is 38.4 Å². The SMILES string of the molecule is Cc1ncc(CN(C)[C@H](CO)c2cccc(Br)c2)s1. The zero-order chi connectivity index (χ0) is 13.8. The van der Waals surface area contributed by atoms with E-state index in [9.17, 15) is 5.11 Å². The van der Waals surface area contributed by atoms with E-state index in [0.717, 1.165) is 21.6 Å². The Morgan fingerprint density at radius 2 is 2.26 bits per heavy atom. The van der Waals surface area contributed by atoms with Crippen LogP contribution < -0.4 is 0 Å². The summed E-state index contributed by atoms with van der Waals surface area (Å²) in [4.78, 5) is 7.63. The lowest BCUT2D eigenvalue weighted by Crippen LogP contribution is -2.26. The normalized spacial score (nSPS) is 12.9. The summed E-state index contributed by atoms with van der Waals surface area (Å²) in [6.07, 6.45) is 1.91. The van der Waals surface area contributed by atoms with Crippen LogP contribution in [0.2, 0.25) is 0 Å². The van der Waals surface area contributed by atoms with E-state index in [4.69, 9.17) is 0 Å². The molecule has 0 aliphatic heterocycles. The fourth-order valence-corrected chi connectivity index (χ4v) is 3.32. The standard InChI is InChI=1S/C14H17BrN2OS/c1-10-16-7-13(19-10)8-17(2)14(9-18)11-4-3-5-12(15)6-11/h3-7,14,18H,8-9H2,1-2H3/t14-/m1/s1. The lowest BCUT2D eigenvalue weighted by Gasteiger charge is -2.26. The third-order valence-corrected chi connectivity index (χ3v) is 4.40. The van der Waals surface area contributed by atoms with Gasteiger partial charge in [-0.05, 0) is 31.7 Å². The quantitative estimate of drug-likeness (QED) is 0.906. The first-order valence-corrected chi connectivity index (χ1v) is 7.69. The van der Waals surface area contributed by atoms with Crippen LogP contribution >= 0.6 is 27.3 Å². The van der Waals surface area contributed by atoms with Crippen LogP contribution in [0.4, 0.5) is 0 Å². The van der Waals surface area contributed by atoms with Crippen LogP contribution in [-0.2, 0) is 6.54 Å². The number of hydrogen-bond donors (Lipinski definition) is 1. The number of aryl methyl sites for hydroxylation is 1. The number of halogens is 1. The van der Waals surface area contributed by atoms with Gasteiger partial charge in [-0.1, -0.05) is 28.1 Å². The van der Waals surface area contributed by atoms with Crippen LogP contribution in [0.1, 0.15) is 21.5 Å². The summed E-state index contributed by atoms with van der Waals surface area (Å²) in [5.41, 5.74) is 1.11. The number of aromatic nitrogens is 1. The number of likely N-dealkylation sites (N-methyl/N-ethyl adjacent to an activating group) is 1. The van der Waals surface area contributed by atoms with E-state index in [-0.39, 0.29) is 12.6 Å². The van der Waals surface area contributed by atoms with Gasteiger partial charge in [-0.2, -0.15) is 0 Å². The second-order valence-corrected chi connectivity index (χ2v) is 6.75. The lowest BCUT2D eigenvalue weighted by atomic mass is 10.1. The van der Waals surface area contributed by atoms with Crippen molar-refractivity contribution in [1.82, 2.24) is 9.88 Å². The van der Waals surface area contributed by atoms with E-state index in [2.05, 4.69) is 31.9 Å². The van der Waals surface area contributed by atoms with Crippen molar-refractivity contribution in [3.05, 3.63) is 50.4 Å². The summed E-state index contributed by atoms with van der Waals surface area (Å²) in [5, 5.41) is 10.7. The minimum Gasteiger partial charge on any atom is -0.394 e. The van der Waals surface area contributed by atoms with Gasteiger partial charge < -0.3 is 5.11 Å². The molecule has 0 unspecified atom stereocenters. The maximum atomic E-state index is 9.65. The highest BCUT2D eigenvalue weighted by molar-refractivity contribution is 9.10. The largest absolute Gasteiger partial charge is 0.394 e. The van der Waals surface area contributed by atoms with Gasteiger partial charge in [-0.15, -0.1) is 11.3 Å². The molecule has 2 aromatic rings. The molecule has 3 nitrogen and oxygen atoms in total. The molecular weight excluding hydrogens is 324 g/mol. The molecule has 102 valence electrons. The van der Waals surface area contributed by atoms with E-state index in [1.54, 1.807) is 11.3 Å². The zero-order valence-corrected chi connectivity index (χ0v) is 13.4. The summed E-state index contributed by atoms with van der Waals surface area (Å²) in [7, 11) is 2.02. The molecule has 1 N–H and O–H groups in total. The fourth-order valence-electron chi connectivity index (χ4n) is 2.05. The van der Waals surface area contributed by atoms with Crippen molar-refractivity contribution < 1.29 is 5.11 Å². The van der Waals surface area contributed by atoms with Crippen molar-refractivity contribution in [3.8, 4) is 0 Å². The van der Waals surface area contributed by atoms with Crippen molar-refractivity contribution in [2.24, 2.45) is 0 Å². The van der Waals surface area contributed by atoms with E-state index in [1.165, 1.54) is 4.88 Å². The highest BCUT2D eigenvalue weighted by atomic mass is 79.9. The third kappa shape index (κ3) is 3.86. The molecule has 19 heavy (non-hydrogen) atoms. The molecule has 0 aliphatic rings. The minimum atomic E-state index is -0.0000869. The van der Waals surface area contributed by atoms with Gasteiger partial charge in [-0.25, -0.2) is 4.98 Å². The molecule has 2 rings (SSSR count). The van der Waals surface area contributed by atoms with Gasteiger partial charge in [-0.3, -0.25) is 4.90 Å². The monoisotopic (exact) mass is 340 g/mol. The van der Waals surface area contributed by atoms with Gasteiger partial charge in [0.15, 0.2) is 0 Å². The summed E-state index contributed by atoms with van der Waals surface area (Å²) in [5.74, 6) is 0. The topological polar surface area (TPSA) is 36.4 Å². The number of rotatable bonds is 5. The Morgan fingerprint density at radius 1 is 1.47 bits per heavy atom. The highest BCUT2D eigenvalue weighted by Gasteiger charge is 2.17. The van der Waals surface area contributed by atoms with Crippen molar-refractivity contribution >= 4 is 27.3 Å². The lowest BCUT2D eigenvalue weighted by molar-refractivity contribution is 0.143. The second-order valence-electron chi connectivity index (χ2n) is 4.51. The molecular formula is C14H17BrN2OS. The van der Waals surface area contributed by atoms with Gasteiger partial charge >= 0.3 is 0 Å². The number of nitrogens with zero attached hydrogens (tertiary/aromatic N) is 2. The molecule has 0 spiro atoms. The molecule has 1 aromatic heterocycles. The molecule has 1 atom stereocenters. The molecule has 0 amide bonds. The maximum Gasteiger partial charge on any atom is 0.0897 e. The fraction of sp³-hybridized carbons (Fsp3) is 0.357. The predicted molar refractivity (Wildman–Crippen MR) is 82.3 cm³/mol. The summed E-state index contributed by atoms with van der Waals surface area (Å²) in [6, 6.07) is 8.08. The van der Waals surface area contributed by atoms with Crippen LogP contribution in [-0.4, -0.2) is 28.6 Å². The van der Waals surface area contributed by atoms with E-state index >= 15 is 0 Å².